The van der Waals surface area contributed by atoms with Crippen molar-refractivity contribution in [3.63, 3.8) is 0 Å². The van der Waals surface area contributed by atoms with Gasteiger partial charge < -0.3 is 15.8 Å². The molecule has 0 spiro atoms. The summed E-state index contributed by atoms with van der Waals surface area (Å²) < 4.78 is 5.38. The summed E-state index contributed by atoms with van der Waals surface area (Å²) >= 11 is 0. The molecule has 1 aliphatic rings. The van der Waals surface area contributed by atoms with Crippen LogP contribution in [0.15, 0.2) is 0 Å². The Hall–Kier alpha value is -0.650. The molecule has 1 saturated heterocycles. The van der Waals surface area contributed by atoms with Crippen LogP contribution in [0.25, 0.3) is 0 Å². The molecule has 0 aromatic carbocycles. The van der Waals surface area contributed by atoms with Crippen molar-refractivity contribution in [3.05, 3.63) is 0 Å². The highest BCUT2D eigenvalue weighted by Crippen LogP contribution is 2.13. The minimum Gasteiger partial charge on any atom is -0.459 e. The lowest BCUT2D eigenvalue weighted by Gasteiger charge is -2.38. The third-order valence-electron chi connectivity index (χ3n) is 2.49. The highest BCUT2D eigenvalue weighted by Gasteiger charge is 2.33. The molecule has 0 aliphatic carbocycles. The molecule has 1 fully saturated rings. The van der Waals surface area contributed by atoms with E-state index in [-0.39, 0.29) is 18.2 Å². The minimum absolute atomic E-state index is 0.125. The maximum Gasteiger partial charge on any atom is 0.325 e. The summed E-state index contributed by atoms with van der Waals surface area (Å²) in [6.07, 6.45) is -0.125. The molecule has 2 atom stereocenters. The molecule has 16 heavy (non-hydrogen) atoms. The first-order valence-electron chi connectivity index (χ1n) is 5.76. The normalized spacial score (nSPS) is 25.2. The maximum atomic E-state index is 12.0. The summed E-state index contributed by atoms with van der Waals surface area (Å²) in [6.45, 7) is 9.76. The Balaban J connectivity index is 2.64. The Bertz CT molecular complexity index is 248. The molecule has 0 amide bonds. The van der Waals surface area contributed by atoms with E-state index in [0.29, 0.717) is 6.54 Å². The lowest BCUT2D eigenvalue weighted by Crippen LogP contribution is -2.60. The zero-order valence-electron chi connectivity index (χ0n) is 10.6. The van der Waals surface area contributed by atoms with Crippen LogP contribution in [-0.2, 0) is 9.53 Å². The van der Waals surface area contributed by atoms with Crippen molar-refractivity contribution < 1.29 is 9.53 Å². The van der Waals surface area contributed by atoms with Gasteiger partial charge in [0.2, 0.25) is 0 Å². The van der Waals surface area contributed by atoms with Crippen LogP contribution in [0.5, 0.6) is 0 Å². The van der Waals surface area contributed by atoms with Gasteiger partial charge in [0.1, 0.15) is 11.6 Å². The number of carbonyl (C=O) groups excluding carboxylic acids is 1. The number of nitrogens with zero attached hydrogens (tertiary/aromatic N) is 1. The Morgan fingerprint density at radius 1 is 1.56 bits per heavy atom. The predicted molar refractivity (Wildman–Crippen MR) is 62.9 cm³/mol. The van der Waals surface area contributed by atoms with Crippen LogP contribution in [0.2, 0.25) is 0 Å². The highest BCUT2D eigenvalue weighted by molar-refractivity contribution is 5.76. The molecule has 0 saturated carbocycles. The summed E-state index contributed by atoms with van der Waals surface area (Å²) in [7, 11) is 0. The molecular weight excluding hydrogens is 206 g/mol. The van der Waals surface area contributed by atoms with E-state index in [2.05, 4.69) is 5.32 Å². The predicted octanol–water partition coefficient (Wildman–Crippen LogP) is -0.0934. The SMILES string of the molecule is CC(N)N1CCNCC1C(=O)OC(C)(C)C. The van der Waals surface area contributed by atoms with Crippen LogP contribution in [0.3, 0.4) is 0 Å². The van der Waals surface area contributed by atoms with E-state index in [1.54, 1.807) is 0 Å². The standard InChI is InChI=1S/C11H23N3O2/c1-8(12)14-6-5-13-7-9(14)10(15)16-11(2,3)4/h8-9,13H,5-7,12H2,1-4H3. The van der Waals surface area contributed by atoms with Crippen molar-refractivity contribution in [1.29, 1.82) is 0 Å². The fourth-order valence-corrected chi connectivity index (χ4v) is 1.80. The Morgan fingerprint density at radius 2 is 2.19 bits per heavy atom. The number of carbonyl (C=O) groups is 1. The first kappa shape index (κ1) is 13.4. The quantitative estimate of drug-likeness (QED) is 0.648. The first-order valence-corrected chi connectivity index (χ1v) is 5.76. The number of piperazine rings is 1. The van der Waals surface area contributed by atoms with E-state index in [4.69, 9.17) is 10.5 Å². The number of hydrogen-bond donors (Lipinski definition) is 2. The molecule has 5 heteroatoms. The van der Waals surface area contributed by atoms with E-state index in [1.165, 1.54) is 0 Å². The molecule has 94 valence electrons. The average Bonchev–Trinajstić information content (AvgIpc) is 2.15. The van der Waals surface area contributed by atoms with Crippen molar-refractivity contribution in [2.75, 3.05) is 19.6 Å². The van der Waals surface area contributed by atoms with E-state index >= 15 is 0 Å². The topological polar surface area (TPSA) is 67.6 Å². The van der Waals surface area contributed by atoms with Gasteiger partial charge in [-0.3, -0.25) is 9.69 Å². The third-order valence-corrected chi connectivity index (χ3v) is 2.49. The van der Waals surface area contributed by atoms with Gasteiger partial charge >= 0.3 is 5.97 Å². The number of nitrogens with one attached hydrogen (secondary N) is 1. The maximum absolute atomic E-state index is 12.0. The van der Waals surface area contributed by atoms with E-state index in [0.717, 1.165) is 13.1 Å². The summed E-state index contributed by atoms with van der Waals surface area (Å²) in [5.74, 6) is -0.197. The zero-order chi connectivity index (χ0) is 12.3. The van der Waals surface area contributed by atoms with Crippen molar-refractivity contribution in [2.45, 2.75) is 45.5 Å². The fourth-order valence-electron chi connectivity index (χ4n) is 1.80. The molecule has 3 N–H and O–H groups in total. The van der Waals surface area contributed by atoms with Crippen molar-refractivity contribution in [1.82, 2.24) is 10.2 Å². The number of nitrogens with two attached hydrogens (primary N) is 1. The van der Waals surface area contributed by atoms with Crippen LogP contribution in [0.1, 0.15) is 27.7 Å². The lowest BCUT2D eigenvalue weighted by molar-refractivity contribution is -0.163. The monoisotopic (exact) mass is 229 g/mol. The first-order chi connectivity index (χ1) is 7.31. The van der Waals surface area contributed by atoms with Crippen LogP contribution in [0.4, 0.5) is 0 Å². The molecular formula is C11H23N3O2. The van der Waals surface area contributed by atoms with E-state index < -0.39 is 5.60 Å². The van der Waals surface area contributed by atoms with Crippen molar-refractivity contribution in [3.8, 4) is 0 Å². The van der Waals surface area contributed by atoms with Gasteiger partial charge in [-0.15, -0.1) is 0 Å². The molecule has 5 nitrogen and oxygen atoms in total. The molecule has 0 radical (unpaired) electrons. The smallest absolute Gasteiger partial charge is 0.325 e. The van der Waals surface area contributed by atoms with E-state index in [1.807, 2.05) is 32.6 Å². The molecule has 1 heterocycles. The minimum atomic E-state index is -0.446. The number of hydrogen-bond acceptors (Lipinski definition) is 5. The average molecular weight is 229 g/mol. The molecule has 1 aliphatic heterocycles. The van der Waals surface area contributed by atoms with Crippen molar-refractivity contribution >= 4 is 5.97 Å². The number of esters is 1. The fraction of sp³-hybridized carbons (Fsp3) is 0.909. The van der Waals surface area contributed by atoms with Crippen molar-refractivity contribution in [2.24, 2.45) is 5.73 Å². The second-order valence-electron chi connectivity index (χ2n) is 5.23. The number of rotatable bonds is 2. The zero-order valence-corrected chi connectivity index (χ0v) is 10.6. The second-order valence-corrected chi connectivity index (χ2v) is 5.23. The van der Waals surface area contributed by atoms with Gasteiger partial charge in [0.15, 0.2) is 0 Å². The molecule has 1 rings (SSSR count). The third kappa shape index (κ3) is 3.73. The molecule has 0 aromatic rings. The largest absolute Gasteiger partial charge is 0.459 e. The van der Waals surface area contributed by atoms with Gasteiger partial charge in [-0.2, -0.15) is 0 Å². The summed E-state index contributed by atoms with van der Waals surface area (Å²) in [5.41, 5.74) is 5.40. The molecule has 0 bridgehead atoms. The van der Waals surface area contributed by atoms with Gasteiger partial charge in [0, 0.05) is 19.6 Å². The van der Waals surface area contributed by atoms with Gasteiger partial charge in [-0.25, -0.2) is 0 Å². The van der Waals surface area contributed by atoms with Gasteiger partial charge in [0.25, 0.3) is 0 Å². The molecule has 2 unspecified atom stereocenters. The van der Waals surface area contributed by atoms with Gasteiger partial charge in [0.05, 0.1) is 6.17 Å². The lowest BCUT2D eigenvalue weighted by atomic mass is 10.1. The number of ether oxygens (including phenoxy) is 1. The van der Waals surface area contributed by atoms with Crippen LogP contribution in [0, 0.1) is 0 Å². The Kier molecular flexibility index (Phi) is 4.29. The van der Waals surface area contributed by atoms with Gasteiger partial charge in [-0.05, 0) is 27.7 Å². The van der Waals surface area contributed by atoms with Crippen LogP contribution < -0.4 is 11.1 Å². The van der Waals surface area contributed by atoms with E-state index in [9.17, 15) is 4.79 Å². The van der Waals surface area contributed by atoms with Gasteiger partial charge in [-0.1, -0.05) is 0 Å². The summed E-state index contributed by atoms with van der Waals surface area (Å²) in [6, 6.07) is -0.270. The van der Waals surface area contributed by atoms with Crippen LogP contribution in [-0.4, -0.2) is 48.3 Å². The Morgan fingerprint density at radius 3 is 2.69 bits per heavy atom. The summed E-state index contributed by atoms with van der Waals surface area (Å²) in [4.78, 5) is 13.9. The highest BCUT2D eigenvalue weighted by atomic mass is 16.6. The second kappa shape index (κ2) is 5.12. The Labute approximate surface area is 97.3 Å². The van der Waals surface area contributed by atoms with Crippen LogP contribution >= 0.6 is 0 Å². The summed E-state index contributed by atoms with van der Waals surface area (Å²) in [5, 5.41) is 3.19. The molecule has 0 aromatic heterocycles.